The zero-order valence-corrected chi connectivity index (χ0v) is 16.0. The Morgan fingerprint density at radius 3 is 2.74 bits per heavy atom. The Balaban J connectivity index is 2.18. The van der Waals surface area contributed by atoms with Gasteiger partial charge >= 0.3 is 138 Å². The molecule has 0 aromatic heterocycles. The summed E-state index contributed by atoms with van der Waals surface area (Å²) < 4.78 is 13.1. The molecule has 3 nitrogen and oxygen atoms in total. The van der Waals surface area contributed by atoms with Crippen molar-refractivity contribution in [3.05, 3.63) is 34.3 Å². The van der Waals surface area contributed by atoms with Gasteiger partial charge in [-0.15, -0.1) is 0 Å². The summed E-state index contributed by atoms with van der Waals surface area (Å²) in [5, 5.41) is 0. The molecule has 1 saturated heterocycles. The third-order valence-electron chi connectivity index (χ3n) is 3.56. The molecule has 1 aliphatic heterocycles. The van der Waals surface area contributed by atoms with Crippen LogP contribution in [0.25, 0.3) is 0 Å². The Kier molecular flexibility index (Phi) is 6.45. The molecule has 1 aromatic carbocycles. The van der Waals surface area contributed by atoms with Crippen LogP contribution in [0.2, 0.25) is 0 Å². The summed E-state index contributed by atoms with van der Waals surface area (Å²) in [6, 6.07) is 8.26. The van der Waals surface area contributed by atoms with Crippen molar-refractivity contribution in [1.82, 2.24) is 0 Å². The average Bonchev–Trinajstić information content (AvgIpc) is 2.45. The zero-order valence-electron chi connectivity index (χ0n) is 10.5. The van der Waals surface area contributed by atoms with Gasteiger partial charge in [0.25, 0.3) is 0 Å². The van der Waals surface area contributed by atoms with Crippen molar-refractivity contribution in [1.29, 1.82) is 0 Å². The first-order valence-electron chi connectivity index (χ1n) is 6.27. The molecule has 0 saturated carbocycles. The second kappa shape index (κ2) is 7.85. The van der Waals surface area contributed by atoms with E-state index in [2.05, 4.69) is 28.1 Å². The van der Waals surface area contributed by atoms with Gasteiger partial charge in [-0.2, -0.15) is 0 Å². The number of hydrogen-bond acceptors (Lipinski definition) is 3. The summed E-state index contributed by atoms with van der Waals surface area (Å²) >= 11 is 4.47. The summed E-state index contributed by atoms with van der Waals surface area (Å²) in [6.45, 7) is 1.84. The van der Waals surface area contributed by atoms with Crippen LogP contribution in [0.4, 0.5) is 0 Å². The average molecular weight is 519 g/mol. The molecule has 3 radical (unpaired) electrons. The van der Waals surface area contributed by atoms with E-state index < -0.39 is 0 Å². The van der Waals surface area contributed by atoms with E-state index in [0.717, 1.165) is 40.7 Å². The van der Waals surface area contributed by atoms with Crippen LogP contribution in [-0.2, 0) is 14.3 Å². The Hall–Kier alpha value is 0.212. The van der Waals surface area contributed by atoms with Crippen LogP contribution in [0.1, 0.15) is 11.5 Å². The van der Waals surface area contributed by atoms with E-state index in [1.807, 2.05) is 12.1 Å². The van der Waals surface area contributed by atoms with Gasteiger partial charge in [0.2, 0.25) is 0 Å². The molecule has 5 heteroatoms. The van der Waals surface area contributed by atoms with Crippen molar-refractivity contribution in [2.45, 2.75) is 5.92 Å². The molecule has 1 heterocycles. The topological polar surface area (TPSA) is 35.5 Å². The predicted octanol–water partition coefficient (Wildman–Crippen LogP) is 2.14. The van der Waals surface area contributed by atoms with Crippen LogP contribution in [0, 0.1) is 11.8 Å². The van der Waals surface area contributed by atoms with E-state index in [4.69, 9.17) is 9.47 Å². The molecular formula is C14H16BrO3Pb. The van der Waals surface area contributed by atoms with Crippen LogP contribution in [-0.4, -0.2) is 56.0 Å². The van der Waals surface area contributed by atoms with Crippen molar-refractivity contribution < 1.29 is 14.3 Å². The number of hydrogen-bond donors (Lipinski definition) is 0. The quantitative estimate of drug-likeness (QED) is 0.442. The molecule has 3 atom stereocenters. The fourth-order valence-corrected chi connectivity index (χ4v) is 3.23. The van der Waals surface area contributed by atoms with Gasteiger partial charge < -0.3 is 0 Å². The van der Waals surface area contributed by atoms with E-state index in [0.29, 0.717) is 19.8 Å². The summed E-state index contributed by atoms with van der Waals surface area (Å²) in [5.74, 6) is 0.405. The minimum atomic E-state index is -0.0596. The number of carbonyl (C=O) groups excluding carboxylic acids is 1. The first-order valence-corrected chi connectivity index (χ1v) is 9.81. The van der Waals surface area contributed by atoms with Crippen LogP contribution in [0.15, 0.2) is 28.7 Å². The summed E-state index contributed by atoms with van der Waals surface area (Å²) in [6.07, 6.45) is 1.02. The third kappa shape index (κ3) is 4.09. The van der Waals surface area contributed by atoms with Crippen LogP contribution < -0.4 is 0 Å². The van der Waals surface area contributed by atoms with Gasteiger partial charge in [0, 0.05) is 0 Å². The van der Waals surface area contributed by atoms with Gasteiger partial charge in [-0.1, -0.05) is 0 Å². The Morgan fingerprint density at radius 1 is 1.37 bits per heavy atom. The van der Waals surface area contributed by atoms with Crippen LogP contribution >= 0.6 is 15.9 Å². The number of aldehydes is 1. The predicted molar refractivity (Wildman–Crippen MR) is 77.3 cm³/mol. The van der Waals surface area contributed by atoms with Crippen molar-refractivity contribution in [2.75, 3.05) is 24.0 Å². The number of benzene rings is 1. The van der Waals surface area contributed by atoms with Crippen molar-refractivity contribution in [3.8, 4) is 0 Å². The molecule has 3 unspecified atom stereocenters. The van der Waals surface area contributed by atoms with Crippen molar-refractivity contribution in [3.63, 3.8) is 0 Å². The fourth-order valence-electron chi connectivity index (χ4n) is 2.51. The van der Waals surface area contributed by atoms with E-state index in [9.17, 15) is 4.79 Å². The Labute approximate surface area is 137 Å². The second-order valence-electron chi connectivity index (χ2n) is 4.67. The van der Waals surface area contributed by atoms with Gasteiger partial charge in [-0.05, 0) is 0 Å². The maximum absolute atomic E-state index is 11.2. The SMILES string of the molecule is O=CC1COCC(c2ccc(Br)cc2)C1CO[CH2][Pb]. The summed E-state index contributed by atoms with van der Waals surface area (Å²) in [5.41, 5.74) is 1.22. The van der Waals surface area contributed by atoms with E-state index >= 15 is 0 Å². The molecule has 1 fully saturated rings. The van der Waals surface area contributed by atoms with Gasteiger partial charge in [0.15, 0.2) is 0 Å². The van der Waals surface area contributed by atoms with Gasteiger partial charge in [-0.25, -0.2) is 0 Å². The standard InChI is InChI=1S/C14H16BrO3.Pb/c1-17-8-13-11(6-16)7-18-9-14(13)10-2-4-12(15)5-3-10;/h2-6,11,13-14H,1,7-9H2;. The maximum atomic E-state index is 11.2. The molecule has 0 N–H and O–H groups in total. The monoisotopic (exact) mass is 519 g/mol. The molecule has 19 heavy (non-hydrogen) atoms. The third-order valence-corrected chi connectivity index (χ3v) is 4.88. The molecule has 2 rings (SSSR count). The van der Waals surface area contributed by atoms with Crippen molar-refractivity contribution in [2.24, 2.45) is 11.8 Å². The van der Waals surface area contributed by atoms with Crippen LogP contribution in [0.5, 0.6) is 0 Å². The summed E-state index contributed by atoms with van der Waals surface area (Å²) in [4.78, 5) is 11.2. The van der Waals surface area contributed by atoms with Gasteiger partial charge in [0.1, 0.15) is 0 Å². The van der Waals surface area contributed by atoms with Crippen molar-refractivity contribution >= 4 is 48.0 Å². The number of rotatable bonds is 5. The first-order chi connectivity index (χ1) is 9.26. The van der Waals surface area contributed by atoms with E-state index in [1.54, 1.807) is 0 Å². The zero-order chi connectivity index (χ0) is 13.7. The molecule has 101 valence electrons. The second-order valence-corrected chi connectivity index (χ2v) is 6.71. The summed E-state index contributed by atoms with van der Waals surface area (Å²) in [7, 11) is 0. The number of halogens is 1. The minimum absolute atomic E-state index is 0.0596. The number of carbonyl (C=O) groups is 1. The van der Waals surface area contributed by atoms with E-state index in [1.165, 1.54) is 5.56 Å². The molecule has 0 aliphatic carbocycles. The fraction of sp³-hybridized carbons (Fsp3) is 0.500. The van der Waals surface area contributed by atoms with Crippen LogP contribution in [0.3, 0.4) is 0 Å². The first kappa shape index (κ1) is 15.6. The Morgan fingerprint density at radius 2 is 2.11 bits per heavy atom. The molecule has 0 amide bonds. The van der Waals surface area contributed by atoms with Gasteiger partial charge in [-0.3, -0.25) is 0 Å². The molecule has 1 aromatic rings. The molecular weight excluding hydrogens is 503 g/mol. The Bertz CT molecular complexity index is 410. The molecule has 0 bridgehead atoms. The van der Waals surface area contributed by atoms with E-state index in [-0.39, 0.29) is 17.8 Å². The number of ether oxygens (including phenoxy) is 2. The molecule has 1 aliphatic rings. The molecule has 0 spiro atoms. The van der Waals surface area contributed by atoms with Gasteiger partial charge in [0.05, 0.1) is 0 Å². The normalized spacial score (nSPS) is 27.2.